The van der Waals surface area contributed by atoms with Gasteiger partial charge in [-0.25, -0.2) is 0 Å². The van der Waals surface area contributed by atoms with Crippen LogP contribution >= 0.6 is 11.8 Å². The first-order chi connectivity index (χ1) is 9.95. The van der Waals surface area contributed by atoms with Gasteiger partial charge in [0, 0.05) is 31.5 Å². The summed E-state index contributed by atoms with van der Waals surface area (Å²) < 4.78 is 1.11. The second kappa shape index (κ2) is 6.41. The van der Waals surface area contributed by atoms with E-state index in [1.165, 1.54) is 0 Å². The number of nitrogens with one attached hydrogen (secondary N) is 1. The lowest BCUT2D eigenvalue weighted by Crippen LogP contribution is -2.24. The first kappa shape index (κ1) is 15.7. The second-order valence-electron chi connectivity index (χ2n) is 5.35. The molecule has 1 N–H and O–H groups in total. The van der Waals surface area contributed by atoms with Gasteiger partial charge in [-0.2, -0.15) is 4.68 Å². The van der Waals surface area contributed by atoms with Crippen LogP contribution in [0.3, 0.4) is 0 Å². The molecule has 0 radical (unpaired) electrons. The van der Waals surface area contributed by atoms with Gasteiger partial charge in [-0.15, -0.1) is 0 Å². The molecule has 0 aliphatic carbocycles. The fourth-order valence-corrected chi connectivity index (χ4v) is 3.17. The quantitative estimate of drug-likeness (QED) is 0.872. The zero-order valence-electron chi connectivity index (χ0n) is 12.9. The number of carbonyl (C=O) groups is 1. The topological polar surface area (TPSA) is 58.1 Å². The van der Waals surface area contributed by atoms with Crippen LogP contribution in [0.1, 0.15) is 49.2 Å². The van der Waals surface area contributed by atoms with Gasteiger partial charge < -0.3 is 4.90 Å². The van der Waals surface area contributed by atoms with Crippen molar-refractivity contribution in [3.8, 4) is 0 Å². The zero-order chi connectivity index (χ0) is 15.6. The largest absolute Gasteiger partial charge is 0.362 e. The minimum atomic E-state index is -0.288. The lowest BCUT2D eigenvalue weighted by atomic mass is 10.1. The molecular weight excluding hydrogens is 286 g/mol. The lowest BCUT2D eigenvalue weighted by molar-refractivity contribution is 0.0888. The highest BCUT2D eigenvalue weighted by atomic mass is 32.2. The normalized spacial score (nSPS) is 14.7. The van der Waals surface area contributed by atoms with Crippen LogP contribution in [0.25, 0.3) is 6.08 Å². The number of aromatic amines is 1. The predicted octanol–water partition coefficient (Wildman–Crippen LogP) is 2.48. The smallest absolute Gasteiger partial charge is 0.281 e. The number of rotatable bonds is 3. The van der Waals surface area contributed by atoms with Gasteiger partial charge in [0.25, 0.3) is 5.56 Å². The molecule has 114 valence electrons. The number of hydrogen-bond acceptors (Lipinski definition) is 4. The van der Waals surface area contributed by atoms with E-state index in [2.05, 4.69) is 15.7 Å². The maximum absolute atomic E-state index is 12.4. The van der Waals surface area contributed by atoms with Gasteiger partial charge in [0.1, 0.15) is 5.03 Å². The van der Waals surface area contributed by atoms with E-state index in [1.807, 2.05) is 20.9 Å². The molecule has 0 aromatic carbocycles. The molecule has 0 unspecified atom stereocenters. The third-order valence-electron chi connectivity index (χ3n) is 3.44. The van der Waals surface area contributed by atoms with Crippen LogP contribution in [-0.4, -0.2) is 39.9 Å². The highest BCUT2D eigenvalue weighted by Gasteiger charge is 2.18. The Morgan fingerprint density at radius 1 is 1.52 bits per heavy atom. The molecule has 0 saturated carbocycles. The van der Waals surface area contributed by atoms with Crippen LogP contribution < -0.4 is 5.56 Å². The number of thioether (sulfide) groups is 1. The van der Waals surface area contributed by atoms with Gasteiger partial charge in [0.15, 0.2) is 0 Å². The van der Waals surface area contributed by atoms with Gasteiger partial charge in [-0.3, -0.25) is 14.7 Å². The number of nitrogens with zero attached hydrogens (tertiary/aromatic N) is 2. The van der Waals surface area contributed by atoms with Gasteiger partial charge in [-0.1, -0.05) is 38.3 Å². The van der Waals surface area contributed by atoms with Crippen LogP contribution in [0.15, 0.2) is 15.6 Å². The average Bonchev–Trinajstić information content (AvgIpc) is 3.00. The number of H-pyrrole nitrogens is 1. The van der Waals surface area contributed by atoms with Crippen LogP contribution in [0.2, 0.25) is 0 Å². The Hall–Kier alpha value is -1.65. The highest BCUT2D eigenvalue weighted by Crippen LogP contribution is 2.25. The van der Waals surface area contributed by atoms with Crippen LogP contribution in [-0.2, 0) is 0 Å². The van der Waals surface area contributed by atoms with E-state index in [-0.39, 0.29) is 17.4 Å². The summed E-state index contributed by atoms with van der Waals surface area (Å²) in [6.07, 6.45) is 2.00. The van der Waals surface area contributed by atoms with E-state index in [0.717, 1.165) is 27.7 Å². The molecule has 0 atom stereocenters. The minimum Gasteiger partial charge on any atom is -0.362 e. The van der Waals surface area contributed by atoms with Crippen molar-refractivity contribution in [2.75, 3.05) is 19.3 Å². The fraction of sp³-hybridized carbons (Fsp3) is 0.533. The molecule has 1 saturated heterocycles. The molecule has 1 aromatic heterocycles. The Labute approximate surface area is 128 Å². The average molecular weight is 307 g/mol. The molecule has 0 amide bonds. The van der Waals surface area contributed by atoms with Crippen molar-refractivity contribution in [2.24, 2.45) is 0 Å². The molecule has 1 aliphatic rings. The Morgan fingerprint density at radius 3 is 2.76 bits per heavy atom. The summed E-state index contributed by atoms with van der Waals surface area (Å²) in [7, 11) is 2.01. The Morgan fingerprint density at radius 2 is 2.24 bits per heavy atom. The van der Waals surface area contributed by atoms with E-state index in [4.69, 9.17) is 0 Å². The van der Waals surface area contributed by atoms with E-state index in [1.54, 1.807) is 24.8 Å². The summed E-state index contributed by atoms with van der Waals surface area (Å²) in [6.45, 7) is 6.72. The SMILES string of the molecule is CCC(=O)n1[nH]c(C(C)C)c(C=C=C2SCCN2C)c1=O. The summed E-state index contributed by atoms with van der Waals surface area (Å²) in [5, 5.41) is 3.97. The van der Waals surface area contributed by atoms with Crippen molar-refractivity contribution >= 4 is 23.7 Å². The molecule has 2 rings (SSSR count). The maximum Gasteiger partial charge on any atom is 0.281 e. The monoisotopic (exact) mass is 307 g/mol. The maximum atomic E-state index is 12.4. The van der Waals surface area contributed by atoms with Crippen molar-refractivity contribution < 1.29 is 4.79 Å². The Balaban J connectivity index is 2.52. The minimum absolute atomic E-state index is 0.135. The van der Waals surface area contributed by atoms with Crippen molar-refractivity contribution in [3.63, 3.8) is 0 Å². The number of aromatic nitrogens is 2. The summed E-state index contributed by atoms with van der Waals surface area (Å²) in [4.78, 5) is 26.3. The van der Waals surface area contributed by atoms with Crippen LogP contribution in [0.4, 0.5) is 0 Å². The van der Waals surface area contributed by atoms with Crippen molar-refractivity contribution in [1.29, 1.82) is 0 Å². The molecular formula is C15H21N3O2S. The molecule has 21 heavy (non-hydrogen) atoms. The zero-order valence-corrected chi connectivity index (χ0v) is 13.7. The summed E-state index contributed by atoms with van der Waals surface area (Å²) >= 11 is 1.72. The molecule has 1 aliphatic heterocycles. The second-order valence-corrected chi connectivity index (χ2v) is 6.43. The third-order valence-corrected chi connectivity index (χ3v) is 4.53. The molecule has 1 fully saturated rings. The number of hydrogen-bond donors (Lipinski definition) is 1. The van der Waals surface area contributed by atoms with Crippen molar-refractivity contribution in [3.05, 3.63) is 32.4 Å². The highest BCUT2D eigenvalue weighted by molar-refractivity contribution is 8.03. The van der Waals surface area contributed by atoms with Crippen LogP contribution in [0.5, 0.6) is 0 Å². The van der Waals surface area contributed by atoms with Gasteiger partial charge in [-0.05, 0) is 12.0 Å². The van der Waals surface area contributed by atoms with E-state index < -0.39 is 0 Å². The first-order valence-corrected chi connectivity index (χ1v) is 8.13. The van der Waals surface area contributed by atoms with Gasteiger partial charge in [0.2, 0.25) is 5.91 Å². The van der Waals surface area contributed by atoms with Crippen molar-refractivity contribution in [2.45, 2.75) is 33.1 Å². The molecule has 5 nitrogen and oxygen atoms in total. The van der Waals surface area contributed by atoms with Gasteiger partial charge >= 0.3 is 0 Å². The van der Waals surface area contributed by atoms with Gasteiger partial charge in [0.05, 0.1) is 5.56 Å². The fourth-order valence-electron chi connectivity index (χ4n) is 2.16. The van der Waals surface area contributed by atoms with Crippen LogP contribution in [0, 0.1) is 0 Å². The third kappa shape index (κ3) is 3.17. The lowest BCUT2D eigenvalue weighted by Gasteiger charge is -2.07. The summed E-state index contributed by atoms with van der Waals surface area (Å²) in [6, 6.07) is 0. The molecule has 1 aromatic rings. The van der Waals surface area contributed by atoms with E-state index in [9.17, 15) is 9.59 Å². The first-order valence-electron chi connectivity index (χ1n) is 7.14. The molecule has 0 spiro atoms. The van der Waals surface area contributed by atoms with E-state index >= 15 is 0 Å². The summed E-state index contributed by atoms with van der Waals surface area (Å²) in [5.41, 5.74) is 4.21. The predicted molar refractivity (Wildman–Crippen MR) is 86.6 cm³/mol. The summed E-state index contributed by atoms with van der Waals surface area (Å²) in [5.74, 6) is 0.951. The molecule has 2 heterocycles. The Kier molecular flexibility index (Phi) is 4.80. The number of carbonyl (C=O) groups excluding carboxylic acids is 1. The molecule has 0 bridgehead atoms. The Bertz CT molecular complexity index is 663. The molecule has 6 heteroatoms. The standard InChI is InChI=1S/C15H21N3O2S/c1-5-12(19)18-15(20)11(14(16-18)10(2)3)6-7-13-17(4)8-9-21-13/h6,10,16H,5,8-9H2,1-4H3. The van der Waals surface area contributed by atoms with Crippen molar-refractivity contribution in [1.82, 2.24) is 14.7 Å². The van der Waals surface area contributed by atoms with E-state index in [0.29, 0.717) is 12.0 Å².